The molecule has 2 atom stereocenters. The Morgan fingerprint density at radius 1 is 1.14 bits per heavy atom. The number of hydrogen-bond acceptors (Lipinski definition) is 2. The van der Waals surface area contributed by atoms with E-state index in [1.807, 2.05) is 0 Å². The zero-order valence-corrected chi connectivity index (χ0v) is 10.3. The molecule has 2 aliphatic rings. The van der Waals surface area contributed by atoms with E-state index in [-0.39, 0.29) is 0 Å². The molecule has 2 heteroatoms. The van der Waals surface area contributed by atoms with E-state index in [1.165, 1.54) is 26.1 Å². The topological polar surface area (TPSA) is 6.48 Å². The molecule has 0 aromatic carbocycles. The van der Waals surface area contributed by atoms with Crippen LogP contribution >= 0.6 is 0 Å². The molecular weight excluding hydrogens is 172 g/mol. The molecule has 0 bridgehead atoms. The minimum Gasteiger partial charge on any atom is -0.304 e. The molecule has 0 N–H and O–H groups in total. The van der Waals surface area contributed by atoms with Crippen LogP contribution in [0.3, 0.4) is 0 Å². The summed E-state index contributed by atoms with van der Waals surface area (Å²) < 4.78 is 0. The van der Waals surface area contributed by atoms with E-state index in [0.717, 1.165) is 0 Å². The predicted octanol–water partition coefficient (Wildman–Crippen LogP) is 1.81. The summed E-state index contributed by atoms with van der Waals surface area (Å²) in [7, 11) is 2.26. The van der Waals surface area contributed by atoms with Gasteiger partial charge >= 0.3 is 0 Å². The molecule has 2 rings (SSSR count). The third-order valence-electron chi connectivity index (χ3n) is 4.66. The van der Waals surface area contributed by atoms with Crippen LogP contribution in [0.1, 0.15) is 34.1 Å². The van der Waals surface area contributed by atoms with Crippen molar-refractivity contribution >= 4 is 0 Å². The Kier molecular flexibility index (Phi) is 2.20. The van der Waals surface area contributed by atoms with Gasteiger partial charge in [-0.15, -0.1) is 0 Å². The highest BCUT2D eigenvalue weighted by molar-refractivity contribution is 5.13. The number of rotatable bonds is 1. The Labute approximate surface area is 88.3 Å². The van der Waals surface area contributed by atoms with Crippen LogP contribution in [0.2, 0.25) is 0 Å². The Morgan fingerprint density at radius 2 is 1.79 bits per heavy atom. The summed E-state index contributed by atoms with van der Waals surface area (Å²) in [4.78, 5) is 5.20. The van der Waals surface area contributed by atoms with Gasteiger partial charge in [0.15, 0.2) is 0 Å². The van der Waals surface area contributed by atoms with Crippen LogP contribution < -0.4 is 0 Å². The van der Waals surface area contributed by atoms with E-state index < -0.39 is 0 Å². The predicted molar refractivity (Wildman–Crippen MR) is 60.5 cm³/mol. The van der Waals surface area contributed by atoms with E-state index in [2.05, 4.69) is 44.5 Å². The second-order valence-electron chi connectivity index (χ2n) is 6.04. The van der Waals surface area contributed by atoms with Crippen LogP contribution in [0.25, 0.3) is 0 Å². The summed E-state index contributed by atoms with van der Waals surface area (Å²) in [5, 5.41) is 0. The summed E-state index contributed by atoms with van der Waals surface area (Å²) >= 11 is 0. The zero-order chi connectivity index (χ0) is 10.6. The van der Waals surface area contributed by atoms with Gasteiger partial charge in [-0.1, -0.05) is 6.92 Å². The zero-order valence-electron chi connectivity index (χ0n) is 10.3. The molecule has 0 aliphatic carbocycles. The summed E-state index contributed by atoms with van der Waals surface area (Å²) in [5.74, 6) is 0. The molecule has 0 aromatic rings. The maximum absolute atomic E-state index is 2.70. The SMILES string of the molecule is CC(C)N1CC[C@@]2(C)CN(C)C[C@@]12C. The Balaban J connectivity index is 2.29. The van der Waals surface area contributed by atoms with Crippen LogP contribution in [0.4, 0.5) is 0 Å². The van der Waals surface area contributed by atoms with Gasteiger partial charge in [0.1, 0.15) is 0 Å². The lowest BCUT2D eigenvalue weighted by Crippen LogP contribution is -2.52. The van der Waals surface area contributed by atoms with Crippen LogP contribution in [0, 0.1) is 5.41 Å². The van der Waals surface area contributed by atoms with Gasteiger partial charge < -0.3 is 4.90 Å². The van der Waals surface area contributed by atoms with Crippen molar-refractivity contribution in [3.05, 3.63) is 0 Å². The molecule has 2 fully saturated rings. The molecule has 0 spiro atoms. The molecular formula is C12H24N2. The van der Waals surface area contributed by atoms with Crippen molar-refractivity contribution < 1.29 is 0 Å². The molecule has 2 heterocycles. The van der Waals surface area contributed by atoms with Crippen molar-refractivity contribution in [2.24, 2.45) is 5.41 Å². The minimum atomic E-state index is 0.413. The fourth-order valence-corrected chi connectivity index (χ4v) is 3.77. The van der Waals surface area contributed by atoms with Gasteiger partial charge in [0.05, 0.1) is 0 Å². The highest BCUT2D eigenvalue weighted by Gasteiger charge is 2.58. The van der Waals surface area contributed by atoms with Gasteiger partial charge in [0.25, 0.3) is 0 Å². The minimum absolute atomic E-state index is 0.413. The van der Waals surface area contributed by atoms with Gasteiger partial charge in [-0.05, 0) is 40.8 Å². The summed E-state index contributed by atoms with van der Waals surface area (Å²) in [6, 6.07) is 0.688. The Bertz CT molecular complexity index is 238. The first-order chi connectivity index (χ1) is 6.39. The molecule has 2 nitrogen and oxygen atoms in total. The molecule has 0 amide bonds. The van der Waals surface area contributed by atoms with Gasteiger partial charge in [-0.2, -0.15) is 0 Å². The number of fused-ring (bicyclic) bond motifs is 1. The maximum atomic E-state index is 2.70. The van der Waals surface area contributed by atoms with Crippen molar-refractivity contribution in [1.29, 1.82) is 0 Å². The van der Waals surface area contributed by atoms with Gasteiger partial charge in [0.2, 0.25) is 0 Å². The van der Waals surface area contributed by atoms with Crippen molar-refractivity contribution in [3.8, 4) is 0 Å². The summed E-state index contributed by atoms with van der Waals surface area (Å²) in [6.45, 7) is 13.4. The Hall–Kier alpha value is -0.0800. The van der Waals surface area contributed by atoms with E-state index >= 15 is 0 Å². The van der Waals surface area contributed by atoms with Crippen LogP contribution in [0.15, 0.2) is 0 Å². The standard InChI is InChI=1S/C12H24N2/c1-10(2)14-7-6-11(3)8-13(5)9-12(11,14)4/h10H,6-9H2,1-5H3/t11-,12+/m0/s1. The molecule has 0 aromatic heterocycles. The van der Waals surface area contributed by atoms with Crippen LogP contribution in [-0.4, -0.2) is 48.1 Å². The highest BCUT2D eigenvalue weighted by Crippen LogP contribution is 2.50. The molecule has 0 radical (unpaired) electrons. The first-order valence-electron chi connectivity index (χ1n) is 5.84. The maximum Gasteiger partial charge on any atom is 0.0377 e. The lowest BCUT2D eigenvalue weighted by atomic mass is 9.75. The van der Waals surface area contributed by atoms with Gasteiger partial charge in [0, 0.05) is 30.1 Å². The molecule has 14 heavy (non-hydrogen) atoms. The molecule has 2 saturated heterocycles. The average Bonchev–Trinajstić information content (AvgIpc) is 2.34. The number of likely N-dealkylation sites (tertiary alicyclic amines) is 2. The Morgan fingerprint density at radius 3 is 2.36 bits per heavy atom. The van der Waals surface area contributed by atoms with Crippen LogP contribution in [-0.2, 0) is 0 Å². The van der Waals surface area contributed by atoms with Crippen LogP contribution in [0.5, 0.6) is 0 Å². The van der Waals surface area contributed by atoms with Crippen molar-refractivity contribution in [3.63, 3.8) is 0 Å². The monoisotopic (exact) mass is 196 g/mol. The molecule has 82 valence electrons. The first-order valence-corrected chi connectivity index (χ1v) is 5.84. The third-order valence-corrected chi connectivity index (χ3v) is 4.66. The first kappa shape index (κ1) is 10.4. The lowest BCUT2D eigenvalue weighted by molar-refractivity contribution is 0.0768. The second-order valence-corrected chi connectivity index (χ2v) is 6.04. The molecule has 0 saturated carbocycles. The summed E-state index contributed by atoms with van der Waals surface area (Å²) in [5.41, 5.74) is 0.932. The fourth-order valence-electron chi connectivity index (χ4n) is 3.77. The average molecular weight is 196 g/mol. The van der Waals surface area contributed by atoms with E-state index in [4.69, 9.17) is 0 Å². The quantitative estimate of drug-likeness (QED) is 0.631. The smallest absolute Gasteiger partial charge is 0.0377 e. The molecule has 2 aliphatic heterocycles. The third kappa shape index (κ3) is 1.17. The van der Waals surface area contributed by atoms with Gasteiger partial charge in [-0.25, -0.2) is 0 Å². The second kappa shape index (κ2) is 2.96. The fraction of sp³-hybridized carbons (Fsp3) is 1.00. The van der Waals surface area contributed by atoms with Crippen molar-refractivity contribution in [2.45, 2.75) is 45.7 Å². The van der Waals surface area contributed by atoms with Gasteiger partial charge in [-0.3, -0.25) is 4.90 Å². The molecule has 0 unspecified atom stereocenters. The largest absolute Gasteiger partial charge is 0.304 e. The number of likely N-dealkylation sites (N-methyl/N-ethyl adjacent to an activating group) is 1. The van der Waals surface area contributed by atoms with E-state index in [1.54, 1.807) is 0 Å². The van der Waals surface area contributed by atoms with E-state index in [0.29, 0.717) is 17.0 Å². The van der Waals surface area contributed by atoms with Crippen molar-refractivity contribution in [2.75, 3.05) is 26.7 Å². The number of hydrogen-bond donors (Lipinski definition) is 0. The number of nitrogens with zero attached hydrogens (tertiary/aromatic N) is 2. The lowest BCUT2D eigenvalue weighted by Gasteiger charge is -2.42. The summed E-state index contributed by atoms with van der Waals surface area (Å²) in [6.07, 6.45) is 1.37. The van der Waals surface area contributed by atoms with Crippen molar-refractivity contribution in [1.82, 2.24) is 9.80 Å². The normalized spacial score (nSPS) is 45.0. The van der Waals surface area contributed by atoms with E-state index in [9.17, 15) is 0 Å². The highest BCUT2D eigenvalue weighted by atomic mass is 15.3.